The van der Waals surface area contributed by atoms with E-state index in [1.165, 1.54) is 12.1 Å². The molecular weight excluding hydrogens is 242 g/mol. The Morgan fingerprint density at radius 2 is 2.24 bits per heavy atom. The number of ether oxygens (including phenoxy) is 1. The summed E-state index contributed by atoms with van der Waals surface area (Å²) in [6.45, 7) is 3.36. The lowest BCUT2D eigenvalue weighted by molar-refractivity contribution is 0.0691. The Bertz CT molecular complexity index is 502. The van der Waals surface area contributed by atoms with E-state index < -0.39 is 12.1 Å². The highest BCUT2D eigenvalue weighted by atomic mass is 35.5. The molecule has 0 spiro atoms. The molecule has 0 aliphatic rings. The van der Waals surface area contributed by atoms with Crippen LogP contribution in [0.15, 0.2) is 12.1 Å². The summed E-state index contributed by atoms with van der Waals surface area (Å²) in [5, 5.41) is 9.10. The third-order valence-corrected chi connectivity index (χ3v) is 2.39. The Balaban J connectivity index is 3.22. The van der Waals surface area contributed by atoms with E-state index >= 15 is 0 Å². The lowest BCUT2D eigenvalue weighted by atomic mass is 10.2. The molecule has 3 N–H and O–H groups in total. The first kappa shape index (κ1) is 13.2. The van der Waals surface area contributed by atoms with Gasteiger partial charge in [0.05, 0.1) is 5.69 Å². The van der Waals surface area contributed by atoms with Gasteiger partial charge in [0, 0.05) is 0 Å². The number of carboxylic acid groups (broad SMARTS) is 1. The van der Waals surface area contributed by atoms with Crippen LogP contribution in [0, 0.1) is 11.8 Å². The second-order valence-electron chi connectivity index (χ2n) is 3.31. The van der Waals surface area contributed by atoms with Crippen LogP contribution in [0.25, 0.3) is 0 Å². The minimum atomic E-state index is -1.13. The van der Waals surface area contributed by atoms with Crippen LogP contribution < -0.4 is 10.5 Å². The topological polar surface area (TPSA) is 72.5 Å². The van der Waals surface area contributed by atoms with Gasteiger partial charge in [0.25, 0.3) is 0 Å². The van der Waals surface area contributed by atoms with Crippen molar-refractivity contribution in [1.29, 1.82) is 0 Å². The predicted molar refractivity (Wildman–Crippen MR) is 66.4 cm³/mol. The zero-order valence-electron chi connectivity index (χ0n) is 9.45. The van der Waals surface area contributed by atoms with E-state index in [0.717, 1.165) is 0 Å². The largest absolute Gasteiger partial charge is 0.478 e. The van der Waals surface area contributed by atoms with Crippen LogP contribution in [0.2, 0.25) is 5.02 Å². The Hall–Kier alpha value is -1.86. The molecule has 0 aliphatic heterocycles. The molecule has 4 nitrogen and oxygen atoms in total. The number of hydrogen-bond donors (Lipinski definition) is 2. The van der Waals surface area contributed by atoms with Crippen LogP contribution in [-0.4, -0.2) is 17.2 Å². The molecule has 0 fully saturated rings. The first-order valence-corrected chi connectivity index (χ1v) is 5.25. The highest BCUT2D eigenvalue weighted by Gasteiger charge is 2.18. The molecule has 0 aliphatic carbocycles. The maximum Gasteiger partial charge on any atom is 0.339 e. The number of benzene rings is 1. The van der Waals surface area contributed by atoms with Crippen LogP contribution in [0.4, 0.5) is 5.69 Å². The summed E-state index contributed by atoms with van der Waals surface area (Å²) in [5.41, 5.74) is 5.83. The van der Waals surface area contributed by atoms with Gasteiger partial charge in [0.1, 0.15) is 10.6 Å². The van der Waals surface area contributed by atoms with Gasteiger partial charge in [-0.05, 0) is 26.0 Å². The van der Waals surface area contributed by atoms with E-state index in [-0.39, 0.29) is 22.0 Å². The highest BCUT2D eigenvalue weighted by molar-refractivity contribution is 6.35. The fraction of sp³-hybridized carbons (Fsp3) is 0.250. The van der Waals surface area contributed by atoms with Crippen molar-refractivity contribution in [2.75, 3.05) is 5.73 Å². The van der Waals surface area contributed by atoms with Crippen molar-refractivity contribution in [2.24, 2.45) is 0 Å². The molecule has 0 radical (unpaired) electrons. The summed E-state index contributed by atoms with van der Waals surface area (Å²) in [4.78, 5) is 11.0. The number of anilines is 1. The van der Waals surface area contributed by atoms with Gasteiger partial charge in [-0.15, -0.1) is 5.92 Å². The van der Waals surface area contributed by atoms with Crippen LogP contribution >= 0.6 is 11.6 Å². The smallest absolute Gasteiger partial charge is 0.339 e. The number of carboxylic acids is 1. The fourth-order valence-corrected chi connectivity index (χ4v) is 1.47. The summed E-state index contributed by atoms with van der Waals surface area (Å²) < 4.78 is 5.39. The third-order valence-electron chi connectivity index (χ3n) is 2.00. The first-order valence-electron chi connectivity index (χ1n) is 4.87. The zero-order chi connectivity index (χ0) is 13.0. The summed E-state index contributed by atoms with van der Waals surface area (Å²) in [6.07, 6.45) is -0.461. The monoisotopic (exact) mass is 253 g/mol. The molecule has 0 aromatic heterocycles. The molecule has 0 amide bonds. The molecule has 0 unspecified atom stereocenters. The molecule has 1 aromatic carbocycles. The average molecular weight is 254 g/mol. The van der Waals surface area contributed by atoms with Gasteiger partial charge < -0.3 is 15.6 Å². The Morgan fingerprint density at radius 3 is 2.76 bits per heavy atom. The lowest BCUT2D eigenvalue weighted by Gasteiger charge is -2.14. The van der Waals surface area contributed by atoms with E-state index in [2.05, 4.69) is 11.8 Å². The minimum absolute atomic E-state index is 0.0334. The van der Waals surface area contributed by atoms with Gasteiger partial charge in [-0.1, -0.05) is 17.5 Å². The van der Waals surface area contributed by atoms with Gasteiger partial charge in [-0.3, -0.25) is 0 Å². The Kier molecular flexibility index (Phi) is 4.24. The maximum absolute atomic E-state index is 11.0. The summed E-state index contributed by atoms with van der Waals surface area (Å²) in [5.74, 6) is 4.34. The minimum Gasteiger partial charge on any atom is -0.478 e. The van der Waals surface area contributed by atoms with Gasteiger partial charge in [-0.2, -0.15) is 0 Å². The van der Waals surface area contributed by atoms with E-state index in [4.69, 9.17) is 27.2 Å². The first-order chi connectivity index (χ1) is 7.97. The molecule has 0 saturated carbocycles. The number of hydrogen-bond acceptors (Lipinski definition) is 3. The van der Waals surface area contributed by atoms with Crippen LogP contribution in [0.3, 0.4) is 0 Å². The predicted octanol–water partition coefficient (Wildman–Crippen LogP) is 2.41. The van der Waals surface area contributed by atoms with E-state index in [0.29, 0.717) is 0 Å². The number of nitrogen functional groups attached to an aromatic ring is 1. The fourth-order valence-electron chi connectivity index (χ4n) is 1.26. The molecule has 1 atom stereocenters. The van der Waals surface area contributed by atoms with Crippen LogP contribution in [-0.2, 0) is 0 Å². The zero-order valence-corrected chi connectivity index (χ0v) is 10.2. The normalized spacial score (nSPS) is 11.2. The number of aromatic carboxylic acids is 1. The third kappa shape index (κ3) is 3.05. The van der Waals surface area contributed by atoms with Crippen molar-refractivity contribution in [3.05, 3.63) is 22.7 Å². The molecule has 90 valence electrons. The van der Waals surface area contributed by atoms with E-state index in [1.54, 1.807) is 13.8 Å². The van der Waals surface area contributed by atoms with Crippen molar-refractivity contribution < 1.29 is 14.6 Å². The summed E-state index contributed by atoms with van der Waals surface area (Å²) in [6, 6.07) is 2.78. The van der Waals surface area contributed by atoms with E-state index in [9.17, 15) is 4.79 Å². The molecule has 0 heterocycles. The molecule has 0 bridgehead atoms. The SMILES string of the molecule is CC#C[C@H](C)Oc1c(C(=O)O)ccc(N)c1Cl. The average Bonchev–Trinajstić information content (AvgIpc) is 2.25. The maximum atomic E-state index is 11.0. The quantitative estimate of drug-likeness (QED) is 0.641. The van der Waals surface area contributed by atoms with Crippen molar-refractivity contribution in [1.82, 2.24) is 0 Å². The Morgan fingerprint density at radius 1 is 1.59 bits per heavy atom. The van der Waals surface area contributed by atoms with Gasteiger partial charge >= 0.3 is 5.97 Å². The van der Waals surface area contributed by atoms with Crippen LogP contribution in [0.1, 0.15) is 24.2 Å². The van der Waals surface area contributed by atoms with Crippen molar-refractivity contribution in [2.45, 2.75) is 20.0 Å². The number of nitrogens with two attached hydrogens (primary N) is 1. The van der Waals surface area contributed by atoms with Gasteiger partial charge in [0.15, 0.2) is 11.9 Å². The Labute approximate surface area is 104 Å². The molecule has 1 aromatic rings. The molecule has 5 heteroatoms. The van der Waals surface area contributed by atoms with E-state index in [1.807, 2.05) is 0 Å². The standard InChI is InChI=1S/C12H12ClNO3/c1-3-4-7(2)17-11-8(12(15)16)5-6-9(14)10(11)13/h5-7H,14H2,1-2H3,(H,15,16)/t7-/m0/s1. The molecule has 17 heavy (non-hydrogen) atoms. The van der Waals surface area contributed by atoms with Gasteiger partial charge in [-0.25, -0.2) is 4.79 Å². The highest BCUT2D eigenvalue weighted by Crippen LogP contribution is 2.34. The lowest BCUT2D eigenvalue weighted by Crippen LogP contribution is -2.13. The number of halogens is 1. The second-order valence-corrected chi connectivity index (χ2v) is 3.68. The van der Waals surface area contributed by atoms with Crippen molar-refractivity contribution in [3.8, 4) is 17.6 Å². The number of carbonyl (C=O) groups is 1. The molecular formula is C12H12ClNO3. The second kappa shape index (κ2) is 5.46. The number of rotatable bonds is 3. The van der Waals surface area contributed by atoms with Gasteiger partial charge in [0.2, 0.25) is 0 Å². The van der Waals surface area contributed by atoms with Crippen molar-refractivity contribution >= 4 is 23.3 Å². The summed E-state index contributed by atoms with van der Waals surface area (Å²) >= 11 is 5.93. The molecule has 0 saturated heterocycles. The van der Waals surface area contributed by atoms with Crippen molar-refractivity contribution in [3.63, 3.8) is 0 Å². The van der Waals surface area contributed by atoms with Crippen LogP contribution in [0.5, 0.6) is 5.75 Å². The summed E-state index contributed by atoms with van der Waals surface area (Å²) in [7, 11) is 0. The molecule has 1 rings (SSSR count).